The molecule has 0 radical (unpaired) electrons. The maximum absolute atomic E-state index is 12.2. The van der Waals surface area contributed by atoms with E-state index < -0.39 is 0 Å². The first-order valence-corrected chi connectivity index (χ1v) is 8.04. The smallest absolute Gasteiger partial charge is 0.229 e. The van der Waals surface area contributed by atoms with Gasteiger partial charge in [-0.2, -0.15) is 0 Å². The molecule has 1 aliphatic rings. The molecule has 5 nitrogen and oxygen atoms in total. The molecule has 0 saturated carbocycles. The summed E-state index contributed by atoms with van der Waals surface area (Å²) in [7, 11) is 1.63. The molecule has 2 rings (SSSR count). The lowest BCUT2D eigenvalue weighted by molar-refractivity contribution is -0.135. The van der Waals surface area contributed by atoms with Gasteiger partial charge < -0.3 is 10.2 Å². The number of nitrogens with one attached hydrogen (secondary N) is 1. The standard InChI is InChI=1S/C13H18ClN3O2S/c1-15-13(19)9-3-2-4-17(7-9)12(18)5-11-16-10(6-14)8-20-11/h8-9H,2-7H2,1H3,(H,15,19). The van der Waals surface area contributed by atoms with Crippen molar-refractivity contribution >= 4 is 34.8 Å². The van der Waals surface area contributed by atoms with Crippen LogP contribution in [0.3, 0.4) is 0 Å². The minimum absolute atomic E-state index is 0.0150. The molecule has 7 heteroatoms. The van der Waals surface area contributed by atoms with Gasteiger partial charge in [0.2, 0.25) is 11.8 Å². The third kappa shape index (κ3) is 3.70. The molecule has 0 aliphatic carbocycles. The first-order valence-electron chi connectivity index (χ1n) is 6.62. The predicted octanol–water partition coefficient (Wildman–Crippen LogP) is 1.41. The SMILES string of the molecule is CNC(=O)C1CCCN(C(=O)Cc2nc(CCl)cs2)C1. The first kappa shape index (κ1) is 15.3. The second kappa shape index (κ2) is 7.04. The number of hydrogen-bond acceptors (Lipinski definition) is 4. The molecule has 1 fully saturated rings. The van der Waals surface area contributed by atoms with Crippen LogP contribution in [0.4, 0.5) is 0 Å². The minimum Gasteiger partial charge on any atom is -0.359 e. The van der Waals surface area contributed by atoms with E-state index in [9.17, 15) is 9.59 Å². The molecule has 0 spiro atoms. The van der Waals surface area contributed by atoms with Crippen LogP contribution in [0.25, 0.3) is 0 Å². The van der Waals surface area contributed by atoms with E-state index in [1.807, 2.05) is 5.38 Å². The van der Waals surface area contributed by atoms with Crippen molar-refractivity contribution in [3.8, 4) is 0 Å². The monoisotopic (exact) mass is 315 g/mol. The summed E-state index contributed by atoms with van der Waals surface area (Å²) >= 11 is 7.16. The molecule has 2 heterocycles. The van der Waals surface area contributed by atoms with Crippen LogP contribution >= 0.6 is 22.9 Å². The van der Waals surface area contributed by atoms with Gasteiger partial charge in [0, 0.05) is 25.5 Å². The Kier molecular flexibility index (Phi) is 5.37. The van der Waals surface area contributed by atoms with Gasteiger partial charge in [-0.05, 0) is 12.8 Å². The number of hydrogen-bond donors (Lipinski definition) is 1. The van der Waals surface area contributed by atoms with Gasteiger partial charge in [0.05, 0.1) is 23.9 Å². The number of halogens is 1. The van der Waals surface area contributed by atoms with Crippen LogP contribution in [0.1, 0.15) is 23.5 Å². The molecule has 1 saturated heterocycles. The summed E-state index contributed by atoms with van der Waals surface area (Å²) in [5.74, 6) is 0.329. The Bertz CT molecular complexity index is 492. The van der Waals surface area contributed by atoms with Crippen LogP contribution in [-0.4, -0.2) is 41.8 Å². The molecule has 1 unspecified atom stereocenters. The molecular weight excluding hydrogens is 298 g/mol. The second-order valence-corrected chi connectivity index (χ2v) is 6.05. The minimum atomic E-state index is -0.0904. The van der Waals surface area contributed by atoms with Crippen LogP contribution in [0.15, 0.2) is 5.38 Å². The fourth-order valence-corrected chi connectivity index (χ4v) is 3.37. The van der Waals surface area contributed by atoms with Crippen molar-refractivity contribution in [1.82, 2.24) is 15.2 Å². The van der Waals surface area contributed by atoms with Crippen molar-refractivity contribution in [2.24, 2.45) is 5.92 Å². The lowest BCUT2D eigenvalue weighted by Gasteiger charge is -2.31. The van der Waals surface area contributed by atoms with Crippen LogP contribution in [0.5, 0.6) is 0 Å². The zero-order valence-electron chi connectivity index (χ0n) is 11.4. The topological polar surface area (TPSA) is 62.3 Å². The van der Waals surface area contributed by atoms with Crippen molar-refractivity contribution in [3.05, 3.63) is 16.1 Å². The lowest BCUT2D eigenvalue weighted by atomic mass is 9.97. The Morgan fingerprint density at radius 2 is 2.40 bits per heavy atom. The van der Waals surface area contributed by atoms with E-state index in [4.69, 9.17) is 11.6 Å². The van der Waals surface area contributed by atoms with Crippen molar-refractivity contribution < 1.29 is 9.59 Å². The summed E-state index contributed by atoms with van der Waals surface area (Å²) in [6.07, 6.45) is 2.01. The highest BCUT2D eigenvalue weighted by atomic mass is 35.5. The number of likely N-dealkylation sites (tertiary alicyclic amines) is 1. The molecular formula is C13H18ClN3O2S. The zero-order valence-corrected chi connectivity index (χ0v) is 13.0. The molecule has 0 aromatic carbocycles. The summed E-state index contributed by atoms with van der Waals surface area (Å²) in [6, 6.07) is 0. The Labute approximate surface area is 127 Å². The number of thiazole rings is 1. The summed E-state index contributed by atoms with van der Waals surface area (Å²) in [4.78, 5) is 30.0. The molecule has 0 bridgehead atoms. The van der Waals surface area contributed by atoms with Crippen molar-refractivity contribution in [2.45, 2.75) is 25.1 Å². The predicted molar refractivity (Wildman–Crippen MR) is 78.7 cm³/mol. The van der Waals surface area contributed by atoms with Crippen molar-refractivity contribution in [1.29, 1.82) is 0 Å². The Hall–Kier alpha value is -1.14. The Morgan fingerprint density at radius 1 is 1.60 bits per heavy atom. The zero-order chi connectivity index (χ0) is 14.5. The number of piperidine rings is 1. The van der Waals surface area contributed by atoms with Gasteiger partial charge >= 0.3 is 0 Å². The van der Waals surface area contributed by atoms with Crippen LogP contribution in [-0.2, 0) is 21.9 Å². The number of rotatable bonds is 4. The summed E-state index contributed by atoms with van der Waals surface area (Å²) in [5.41, 5.74) is 0.807. The second-order valence-electron chi connectivity index (χ2n) is 4.84. The van der Waals surface area contributed by atoms with Gasteiger partial charge in [-0.25, -0.2) is 4.98 Å². The molecule has 1 N–H and O–H groups in total. The van der Waals surface area contributed by atoms with E-state index >= 15 is 0 Å². The van der Waals surface area contributed by atoms with E-state index in [1.165, 1.54) is 11.3 Å². The summed E-state index contributed by atoms with van der Waals surface area (Å²) in [5, 5.41) is 5.31. The third-order valence-electron chi connectivity index (χ3n) is 3.43. The van der Waals surface area contributed by atoms with Crippen LogP contribution in [0, 0.1) is 5.92 Å². The number of amides is 2. The highest BCUT2D eigenvalue weighted by Gasteiger charge is 2.28. The molecule has 1 atom stereocenters. The number of carbonyl (C=O) groups is 2. The normalized spacial score (nSPS) is 18.9. The maximum Gasteiger partial charge on any atom is 0.229 e. The average molecular weight is 316 g/mol. The van der Waals surface area contributed by atoms with Crippen molar-refractivity contribution in [2.75, 3.05) is 20.1 Å². The van der Waals surface area contributed by atoms with Gasteiger partial charge in [-0.3, -0.25) is 9.59 Å². The van der Waals surface area contributed by atoms with Crippen LogP contribution < -0.4 is 5.32 Å². The van der Waals surface area contributed by atoms with Crippen molar-refractivity contribution in [3.63, 3.8) is 0 Å². The number of nitrogens with zero attached hydrogens (tertiary/aromatic N) is 2. The average Bonchev–Trinajstić information content (AvgIpc) is 2.94. The summed E-state index contributed by atoms with van der Waals surface area (Å²) < 4.78 is 0. The number of aromatic nitrogens is 1. The fraction of sp³-hybridized carbons (Fsp3) is 0.615. The van der Waals surface area contributed by atoms with Gasteiger partial charge in [0.25, 0.3) is 0 Å². The van der Waals surface area contributed by atoms with E-state index in [0.717, 1.165) is 30.1 Å². The van der Waals surface area contributed by atoms with E-state index in [2.05, 4.69) is 10.3 Å². The van der Waals surface area contributed by atoms with Gasteiger partial charge in [0.15, 0.2) is 0 Å². The van der Waals surface area contributed by atoms with E-state index in [-0.39, 0.29) is 17.7 Å². The Balaban J connectivity index is 1.93. The fourth-order valence-electron chi connectivity index (χ4n) is 2.35. The number of alkyl halides is 1. The van der Waals surface area contributed by atoms with E-state index in [1.54, 1.807) is 11.9 Å². The molecule has 1 aliphatic heterocycles. The van der Waals surface area contributed by atoms with Gasteiger partial charge in [-0.15, -0.1) is 22.9 Å². The lowest BCUT2D eigenvalue weighted by Crippen LogP contribution is -2.45. The van der Waals surface area contributed by atoms with Gasteiger partial charge in [-0.1, -0.05) is 0 Å². The van der Waals surface area contributed by atoms with E-state index in [0.29, 0.717) is 18.8 Å². The molecule has 1 aromatic rings. The highest BCUT2D eigenvalue weighted by Crippen LogP contribution is 2.19. The molecule has 1 aromatic heterocycles. The Morgan fingerprint density at radius 3 is 3.05 bits per heavy atom. The highest BCUT2D eigenvalue weighted by molar-refractivity contribution is 7.09. The largest absolute Gasteiger partial charge is 0.359 e. The third-order valence-corrected chi connectivity index (χ3v) is 4.60. The number of carbonyl (C=O) groups excluding carboxylic acids is 2. The maximum atomic E-state index is 12.2. The summed E-state index contributed by atoms with van der Waals surface area (Å²) in [6.45, 7) is 1.23. The molecule has 2 amide bonds. The first-order chi connectivity index (χ1) is 9.63. The molecule has 20 heavy (non-hydrogen) atoms. The van der Waals surface area contributed by atoms with Gasteiger partial charge in [0.1, 0.15) is 5.01 Å². The van der Waals surface area contributed by atoms with Crippen LogP contribution in [0.2, 0.25) is 0 Å². The quantitative estimate of drug-likeness (QED) is 0.855. The molecule has 110 valence electrons.